The fraction of sp³-hybridized carbons (Fsp3) is 0.300. The van der Waals surface area contributed by atoms with Crippen LogP contribution in [0, 0.1) is 15.9 Å². The molecule has 7 nitrogen and oxygen atoms in total. The summed E-state index contributed by atoms with van der Waals surface area (Å²) in [7, 11) is 0. The number of thioether (sulfide) groups is 1. The summed E-state index contributed by atoms with van der Waals surface area (Å²) in [6.45, 7) is 0.296. The predicted octanol–water partition coefficient (Wildman–Crippen LogP) is 2.94. The number of nitro benzene ring substituents is 1. The number of hydrogen-bond acceptors (Lipinski definition) is 5. The van der Waals surface area contributed by atoms with Crippen LogP contribution in [0.15, 0.2) is 48.5 Å². The van der Waals surface area contributed by atoms with Crippen LogP contribution < -0.4 is 10.6 Å². The molecule has 1 unspecified atom stereocenters. The van der Waals surface area contributed by atoms with Gasteiger partial charge in [0.05, 0.1) is 4.92 Å². The highest BCUT2D eigenvalue weighted by atomic mass is 32.2. The SMILES string of the molecule is CSCCC(NC(=O)c1cccc([N+](=O)[O-])c1)C(=O)NCCc1cccc(F)c1. The number of carbonyl (C=O) groups is 2. The van der Waals surface area contributed by atoms with Crippen LogP contribution >= 0.6 is 11.8 Å². The third-order valence-corrected chi connectivity index (χ3v) is 4.80. The molecule has 9 heteroatoms. The largest absolute Gasteiger partial charge is 0.354 e. The number of benzene rings is 2. The lowest BCUT2D eigenvalue weighted by Gasteiger charge is -2.18. The van der Waals surface area contributed by atoms with Gasteiger partial charge in [0, 0.05) is 24.2 Å². The first-order chi connectivity index (χ1) is 13.9. The molecule has 0 saturated heterocycles. The van der Waals surface area contributed by atoms with Gasteiger partial charge in [-0.3, -0.25) is 19.7 Å². The number of nitrogens with zero attached hydrogens (tertiary/aromatic N) is 1. The first-order valence-electron chi connectivity index (χ1n) is 8.97. The summed E-state index contributed by atoms with van der Waals surface area (Å²) in [5.74, 6) is -0.595. The van der Waals surface area contributed by atoms with Gasteiger partial charge < -0.3 is 10.6 Å². The van der Waals surface area contributed by atoms with Crippen molar-refractivity contribution in [2.75, 3.05) is 18.6 Å². The van der Waals surface area contributed by atoms with Gasteiger partial charge in [0.1, 0.15) is 11.9 Å². The summed E-state index contributed by atoms with van der Waals surface area (Å²) in [6.07, 6.45) is 2.76. The number of amides is 2. The summed E-state index contributed by atoms with van der Waals surface area (Å²) < 4.78 is 13.2. The molecular formula is C20H22FN3O4S. The van der Waals surface area contributed by atoms with E-state index in [4.69, 9.17) is 0 Å². The van der Waals surface area contributed by atoms with E-state index < -0.39 is 16.9 Å². The Morgan fingerprint density at radius 1 is 1.21 bits per heavy atom. The Bertz CT molecular complexity index is 878. The molecule has 0 bridgehead atoms. The normalized spacial score (nSPS) is 11.5. The van der Waals surface area contributed by atoms with E-state index in [1.807, 2.05) is 6.26 Å². The van der Waals surface area contributed by atoms with Gasteiger partial charge in [-0.15, -0.1) is 0 Å². The Hall–Kier alpha value is -2.94. The summed E-state index contributed by atoms with van der Waals surface area (Å²) in [5, 5.41) is 16.3. The molecule has 1 atom stereocenters. The lowest BCUT2D eigenvalue weighted by molar-refractivity contribution is -0.384. The molecule has 0 spiro atoms. The molecule has 0 saturated carbocycles. The monoisotopic (exact) mass is 419 g/mol. The average Bonchev–Trinajstić information content (AvgIpc) is 2.71. The summed E-state index contributed by atoms with van der Waals surface area (Å²) in [6, 6.07) is 10.7. The highest BCUT2D eigenvalue weighted by Crippen LogP contribution is 2.13. The van der Waals surface area contributed by atoms with E-state index in [2.05, 4.69) is 10.6 Å². The number of non-ortho nitro benzene ring substituents is 1. The predicted molar refractivity (Wildman–Crippen MR) is 110 cm³/mol. The summed E-state index contributed by atoms with van der Waals surface area (Å²) in [4.78, 5) is 35.3. The molecule has 0 fully saturated rings. The maximum atomic E-state index is 13.2. The standard InChI is InChI=1S/C20H22FN3O4S/c1-29-11-9-18(20(26)22-10-8-14-4-2-6-16(21)12-14)23-19(25)15-5-3-7-17(13-15)24(27)28/h2-7,12-13,18H,8-11H2,1H3,(H,22,26)(H,23,25). The first-order valence-corrected chi connectivity index (χ1v) is 10.4. The van der Waals surface area contributed by atoms with E-state index in [0.717, 1.165) is 5.56 Å². The fourth-order valence-corrected chi connectivity index (χ4v) is 3.12. The smallest absolute Gasteiger partial charge is 0.270 e. The molecule has 2 aromatic carbocycles. The van der Waals surface area contributed by atoms with Crippen LogP contribution in [0.5, 0.6) is 0 Å². The Balaban J connectivity index is 1.98. The van der Waals surface area contributed by atoms with Crippen molar-refractivity contribution in [2.24, 2.45) is 0 Å². The highest BCUT2D eigenvalue weighted by Gasteiger charge is 2.21. The van der Waals surface area contributed by atoms with E-state index in [1.54, 1.807) is 12.1 Å². The Morgan fingerprint density at radius 2 is 1.97 bits per heavy atom. The summed E-state index contributed by atoms with van der Waals surface area (Å²) >= 11 is 1.54. The van der Waals surface area contributed by atoms with Gasteiger partial charge in [-0.25, -0.2) is 4.39 Å². The maximum absolute atomic E-state index is 13.2. The second-order valence-corrected chi connectivity index (χ2v) is 7.27. The van der Waals surface area contributed by atoms with Crippen LogP contribution in [0.2, 0.25) is 0 Å². The van der Waals surface area contributed by atoms with Crippen LogP contribution in [0.25, 0.3) is 0 Å². The topological polar surface area (TPSA) is 101 Å². The molecular weight excluding hydrogens is 397 g/mol. The molecule has 0 aliphatic carbocycles. The number of carbonyl (C=O) groups excluding carboxylic acids is 2. The van der Waals surface area contributed by atoms with Gasteiger partial charge in [0.15, 0.2) is 0 Å². The van der Waals surface area contributed by atoms with Gasteiger partial charge in [-0.1, -0.05) is 18.2 Å². The zero-order valence-corrected chi connectivity index (χ0v) is 16.7. The number of hydrogen-bond donors (Lipinski definition) is 2. The molecule has 0 aliphatic heterocycles. The zero-order valence-electron chi connectivity index (χ0n) is 15.9. The van der Waals surface area contributed by atoms with Crippen LogP contribution in [0.4, 0.5) is 10.1 Å². The molecule has 2 rings (SSSR count). The lowest BCUT2D eigenvalue weighted by atomic mass is 10.1. The molecule has 154 valence electrons. The van der Waals surface area contributed by atoms with Crippen molar-refractivity contribution in [1.29, 1.82) is 0 Å². The van der Waals surface area contributed by atoms with Crippen molar-refractivity contribution < 1.29 is 18.9 Å². The van der Waals surface area contributed by atoms with Crippen LogP contribution in [-0.2, 0) is 11.2 Å². The third-order valence-electron chi connectivity index (χ3n) is 4.15. The van der Waals surface area contributed by atoms with Gasteiger partial charge >= 0.3 is 0 Å². The van der Waals surface area contributed by atoms with Gasteiger partial charge in [0.25, 0.3) is 11.6 Å². The molecule has 2 N–H and O–H groups in total. The minimum atomic E-state index is -0.776. The van der Waals surface area contributed by atoms with E-state index >= 15 is 0 Å². The maximum Gasteiger partial charge on any atom is 0.270 e. The van der Waals surface area contributed by atoms with Crippen molar-refractivity contribution >= 4 is 29.3 Å². The van der Waals surface area contributed by atoms with Crippen molar-refractivity contribution in [1.82, 2.24) is 10.6 Å². The third kappa shape index (κ3) is 7.19. The molecule has 0 aliphatic rings. The number of nitrogens with one attached hydrogen (secondary N) is 2. The van der Waals surface area contributed by atoms with E-state index in [-0.39, 0.29) is 23.0 Å². The number of halogens is 1. The zero-order chi connectivity index (χ0) is 21.2. The van der Waals surface area contributed by atoms with Crippen molar-refractivity contribution in [3.63, 3.8) is 0 Å². The lowest BCUT2D eigenvalue weighted by Crippen LogP contribution is -2.47. The quantitative estimate of drug-likeness (QED) is 0.455. The van der Waals surface area contributed by atoms with Crippen molar-refractivity contribution in [3.8, 4) is 0 Å². The minimum Gasteiger partial charge on any atom is -0.354 e. The Morgan fingerprint density at radius 3 is 2.66 bits per heavy atom. The molecule has 0 heterocycles. The summed E-state index contributed by atoms with van der Waals surface area (Å²) in [5.41, 5.74) is 0.672. The minimum absolute atomic E-state index is 0.112. The van der Waals surface area contributed by atoms with E-state index in [1.165, 1.54) is 48.2 Å². The van der Waals surface area contributed by atoms with Crippen molar-refractivity contribution in [3.05, 3.63) is 75.6 Å². The number of nitro groups is 1. The average molecular weight is 419 g/mol. The fourth-order valence-electron chi connectivity index (χ4n) is 2.65. The van der Waals surface area contributed by atoms with Crippen LogP contribution in [0.3, 0.4) is 0 Å². The van der Waals surface area contributed by atoms with Gasteiger partial charge in [-0.2, -0.15) is 11.8 Å². The van der Waals surface area contributed by atoms with Gasteiger partial charge in [0.2, 0.25) is 5.91 Å². The molecule has 0 radical (unpaired) electrons. The highest BCUT2D eigenvalue weighted by molar-refractivity contribution is 7.98. The molecule has 0 aromatic heterocycles. The van der Waals surface area contributed by atoms with E-state index in [9.17, 15) is 24.1 Å². The second-order valence-electron chi connectivity index (χ2n) is 6.29. The molecule has 2 aromatic rings. The van der Waals surface area contributed by atoms with Crippen LogP contribution in [0.1, 0.15) is 22.3 Å². The van der Waals surface area contributed by atoms with E-state index in [0.29, 0.717) is 25.1 Å². The first kappa shape index (κ1) is 22.4. The van der Waals surface area contributed by atoms with Crippen LogP contribution in [-0.4, -0.2) is 41.3 Å². The Kier molecular flexibility index (Phi) is 8.60. The Labute approximate surface area is 172 Å². The van der Waals surface area contributed by atoms with Gasteiger partial charge in [-0.05, 0) is 48.6 Å². The second kappa shape index (κ2) is 11.2. The molecule has 2 amide bonds. The van der Waals surface area contributed by atoms with Crippen molar-refractivity contribution in [2.45, 2.75) is 18.9 Å². The molecule has 29 heavy (non-hydrogen) atoms. The number of rotatable bonds is 10.